The van der Waals surface area contributed by atoms with Crippen molar-refractivity contribution in [2.75, 3.05) is 26.8 Å². The monoisotopic (exact) mass is 291 g/mol. The zero-order valence-electron chi connectivity index (χ0n) is 14.0. The summed E-state index contributed by atoms with van der Waals surface area (Å²) in [6, 6.07) is 6.07. The summed E-state index contributed by atoms with van der Waals surface area (Å²) in [6.45, 7) is 11.3. The first-order valence-electron chi connectivity index (χ1n) is 7.75. The summed E-state index contributed by atoms with van der Waals surface area (Å²) in [5.41, 5.74) is 2.44. The van der Waals surface area contributed by atoms with Crippen LogP contribution in [0.2, 0.25) is 0 Å². The lowest BCUT2D eigenvalue weighted by atomic mass is 10.1. The third kappa shape index (κ3) is 6.67. The zero-order valence-corrected chi connectivity index (χ0v) is 14.0. The van der Waals surface area contributed by atoms with Crippen LogP contribution in [0.25, 0.3) is 6.08 Å². The van der Waals surface area contributed by atoms with Gasteiger partial charge < -0.3 is 14.8 Å². The van der Waals surface area contributed by atoms with Gasteiger partial charge in [-0.1, -0.05) is 38.5 Å². The second-order valence-corrected chi connectivity index (χ2v) is 5.77. The molecule has 1 rings (SSSR count). The van der Waals surface area contributed by atoms with Crippen molar-refractivity contribution in [2.24, 2.45) is 5.92 Å². The first-order chi connectivity index (χ1) is 10.1. The highest BCUT2D eigenvalue weighted by Crippen LogP contribution is 2.29. The molecule has 0 aliphatic rings. The molecule has 0 heterocycles. The van der Waals surface area contributed by atoms with E-state index in [0.29, 0.717) is 12.5 Å². The predicted octanol–water partition coefficient (Wildman–Crippen LogP) is 4.13. The van der Waals surface area contributed by atoms with Gasteiger partial charge in [0.05, 0.1) is 13.7 Å². The Morgan fingerprint density at radius 1 is 1.29 bits per heavy atom. The van der Waals surface area contributed by atoms with Crippen molar-refractivity contribution in [1.29, 1.82) is 0 Å². The molecule has 0 saturated heterocycles. The molecule has 21 heavy (non-hydrogen) atoms. The van der Waals surface area contributed by atoms with Crippen LogP contribution in [0.1, 0.15) is 39.7 Å². The maximum absolute atomic E-state index is 5.67. The van der Waals surface area contributed by atoms with Gasteiger partial charge in [-0.3, -0.25) is 0 Å². The minimum absolute atomic E-state index is 0.674. The fourth-order valence-corrected chi connectivity index (χ4v) is 2.00. The van der Waals surface area contributed by atoms with Gasteiger partial charge in [-0.25, -0.2) is 0 Å². The molecule has 0 amide bonds. The van der Waals surface area contributed by atoms with E-state index >= 15 is 0 Å². The average molecular weight is 291 g/mol. The molecule has 1 aromatic rings. The van der Waals surface area contributed by atoms with E-state index in [-0.39, 0.29) is 0 Å². The fraction of sp³-hybridized carbons (Fsp3) is 0.556. The lowest BCUT2D eigenvalue weighted by molar-refractivity contribution is 0.294. The SMILES string of the molecule is CCCOc1ccc(C=C(C)CNCC(C)C)cc1OC. The summed E-state index contributed by atoms with van der Waals surface area (Å²) >= 11 is 0. The number of ether oxygens (including phenoxy) is 2. The van der Waals surface area contributed by atoms with Crippen LogP contribution in [-0.4, -0.2) is 26.8 Å². The summed E-state index contributed by atoms with van der Waals surface area (Å²) in [7, 11) is 1.68. The van der Waals surface area contributed by atoms with Crippen LogP contribution < -0.4 is 14.8 Å². The molecule has 0 aromatic heterocycles. The van der Waals surface area contributed by atoms with Gasteiger partial charge in [0.1, 0.15) is 0 Å². The largest absolute Gasteiger partial charge is 0.493 e. The lowest BCUT2D eigenvalue weighted by Gasteiger charge is -2.11. The lowest BCUT2D eigenvalue weighted by Crippen LogP contribution is -2.21. The van der Waals surface area contributed by atoms with Crippen LogP contribution in [0.15, 0.2) is 23.8 Å². The van der Waals surface area contributed by atoms with Gasteiger partial charge in [0.25, 0.3) is 0 Å². The smallest absolute Gasteiger partial charge is 0.161 e. The number of hydrogen-bond acceptors (Lipinski definition) is 3. The second-order valence-electron chi connectivity index (χ2n) is 5.77. The molecular weight excluding hydrogens is 262 g/mol. The summed E-state index contributed by atoms with van der Waals surface area (Å²) < 4.78 is 11.1. The first kappa shape index (κ1) is 17.6. The molecule has 1 aromatic carbocycles. The summed E-state index contributed by atoms with van der Waals surface area (Å²) in [6.07, 6.45) is 3.17. The van der Waals surface area contributed by atoms with E-state index in [1.807, 2.05) is 12.1 Å². The molecule has 118 valence electrons. The zero-order chi connectivity index (χ0) is 15.7. The van der Waals surface area contributed by atoms with E-state index in [1.54, 1.807) is 7.11 Å². The molecule has 0 fully saturated rings. The van der Waals surface area contributed by atoms with Gasteiger partial charge in [-0.05, 0) is 43.5 Å². The van der Waals surface area contributed by atoms with Gasteiger partial charge in [0.15, 0.2) is 11.5 Å². The van der Waals surface area contributed by atoms with E-state index in [9.17, 15) is 0 Å². The van der Waals surface area contributed by atoms with Crippen molar-refractivity contribution < 1.29 is 9.47 Å². The minimum Gasteiger partial charge on any atom is -0.493 e. The second kappa shape index (κ2) is 9.46. The Hall–Kier alpha value is -1.48. The Labute approximate surface area is 129 Å². The third-order valence-corrected chi connectivity index (χ3v) is 3.02. The van der Waals surface area contributed by atoms with Crippen molar-refractivity contribution in [1.82, 2.24) is 5.32 Å². The highest BCUT2D eigenvalue weighted by atomic mass is 16.5. The molecular formula is C18H29NO2. The minimum atomic E-state index is 0.674. The number of methoxy groups -OCH3 is 1. The number of hydrogen-bond donors (Lipinski definition) is 1. The molecule has 0 unspecified atom stereocenters. The molecule has 0 aliphatic heterocycles. The molecule has 0 spiro atoms. The Morgan fingerprint density at radius 2 is 2.05 bits per heavy atom. The molecule has 0 radical (unpaired) electrons. The van der Waals surface area contributed by atoms with Crippen molar-refractivity contribution in [3.8, 4) is 11.5 Å². The molecule has 1 N–H and O–H groups in total. The van der Waals surface area contributed by atoms with E-state index in [4.69, 9.17) is 9.47 Å². The van der Waals surface area contributed by atoms with E-state index in [2.05, 4.69) is 45.2 Å². The Bertz CT molecular complexity index is 453. The van der Waals surface area contributed by atoms with Gasteiger partial charge in [0.2, 0.25) is 0 Å². The van der Waals surface area contributed by atoms with Crippen LogP contribution in [0, 0.1) is 5.92 Å². The molecule has 3 nitrogen and oxygen atoms in total. The predicted molar refractivity (Wildman–Crippen MR) is 90.1 cm³/mol. The van der Waals surface area contributed by atoms with Crippen molar-refractivity contribution >= 4 is 6.08 Å². The van der Waals surface area contributed by atoms with E-state index < -0.39 is 0 Å². The maximum atomic E-state index is 5.67. The fourth-order valence-electron chi connectivity index (χ4n) is 2.00. The maximum Gasteiger partial charge on any atom is 0.161 e. The molecule has 0 saturated carbocycles. The Kier molecular flexibility index (Phi) is 7.91. The average Bonchev–Trinajstić information content (AvgIpc) is 2.45. The standard InChI is InChI=1S/C18H29NO2/c1-6-9-21-17-8-7-16(11-18(17)20-5)10-15(4)13-19-12-14(2)3/h7-8,10-11,14,19H,6,9,12-13H2,1-5H3. The van der Waals surface area contributed by atoms with Crippen LogP contribution in [0.5, 0.6) is 11.5 Å². The first-order valence-corrected chi connectivity index (χ1v) is 7.75. The normalized spacial score (nSPS) is 11.8. The van der Waals surface area contributed by atoms with Crippen LogP contribution in [0.4, 0.5) is 0 Å². The Morgan fingerprint density at radius 3 is 2.67 bits per heavy atom. The van der Waals surface area contributed by atoms with Crippen molar-refractivity contribution in [3.63, 3.8) is 0 Å². The highest BCUT2D eigenvalue weighted by molar-refractivity contribution is 5.58. The molecule has 3 heteroatoms. The quantitative estimate of drug-likeness (QED) is 0.742. The molecule has 0 aliphatic carbocycles. The summed E-state index contributed by atoms with van der Waals surface area (Å²) in [5, 5.41) is 3.45. The van der Waals surface area contributed by atoms with E-state index in [0.717, 1.165) is 36.6 Å². The molecule has 0 atom stereocenters. The van der Waals surface area contributed by atoms with E-state index in [1.165, 1.54) is 5.57 Å². The van der Waals surface area contributed by atoms with Gasteiger partial charge in [-0.15, -0.1) is 0 Å². The van der Waals surface area contributed by atoms with Crippen molar-refractivity contribution in [2.45, 2.75) is 34.1 Å². The van der Waals surface area contributed by atoms with Crippen LogP contribution in [0.3, 0.4) is 0 Å². The summed E-state index contributed by atoms with van der Waals surface area (Å²) in [4.78, 5) is 0. The van der Waals surface area contributed by atoms with Gasteiger partial charge in [-0.2, -0.15) is 0 Å². The summed E-state index contributed by atoms with van der Waals surface area (Å²) in [5.74, 6) is 2.28. The van der Waals surface area contributed by atoms with Gasteiger partial charge in [0, 0.05) is 6.54 Å². The van der Waals surface area contributed by atoms with Crippen LogP contribution in [-0.2, 0) is 0 Å². The number of benzene rings is 1. The number of nitrogens with one attached hydrogen (secondary N) is 1. The third-order valence-electron chi connectivity index (χ3n) is 3.02. The van der Waals surface area contributed by atoms with Crippen LogP contribution >= 0.6 is 0 Å². The van der Waals surface area contributed by atoms with Gasteiger partial charge >= 0.3 is 0 Å². The van der Waals surface area contributed by atoms with Crippen molar-refractivity contribution in [3.05, 3.63) is 29.3 Å². The highest BCUT2D eigenvalue weighted by Gasteiger charge is 2.04. The molecule has 0 bridgehead atoms. The number of rotatable bonds is 9. The topological polar surface area (TPSA) is 30.5 Å². The Balaban J connectivity index is 2.70.